The number of rotatable bonds is 8. The van der Waals surface area contributed by atoms with Crippen molar-refractivity contribution in [2.24, 2.45) is 0 Å². The Morgan fingerprint density at radius 3 is 2.47 bits per heavy atom. The molecule has 0 spiro atoms. The number of hydrogen-bond donors (Lipinski definition) is 2. The van der Waals surface area contributed by atoms with Crippen LogP contribution in [0.2, 0.25) is 0 Å². The molecule has 0 heterocycles. The predicted octanol–water partition coefficient (Wildman–Crippen LogP) is 2.76. The zero-order valence-corrected chi connectivity index (χ0v) is 11.6. The third kappa shape index (κ3) is 4.35. The molecule has 106 valence electrons. The van der Waals surface area contributed by atoms with Crippen molar-refractivity contribution in [1.29, 1.82) is 0 Å². The van der Waals surface area contributed by atoms with Crippen LogP contribution in [0.15, 0.2) is 18.2 Å². The Morgan fingerprint density at radius 2 is 1.95 bits per heavy atom. The van der Waals surface area contributed by atoms with E-state index in [9.17, 15) is 4.79 Å². The van der Waals surface area contributed by atoms with Gasteiger partial charge in [-0.25, -0.2) is 4.79 Å². The molecule has 1 unspecified atom stereocenters. The summed E-state index contributed by atoms with van der Waals surface area (Å²) < 4.78 is 10.9. The zero-order valence-electron chi connectivity index (χ0n) is 11.6. The summed E-state index contributed by atoms with van der Waals surface area (Å²) in [6, 6.07) is 4.71. The molecule has 0 aliphatic carbocycles. The van der Waals surface area contributed by atoms with E-state index in [1.165, 1.54) is 0 Å². The first-order valence-electron chi connectivity index (χ1n) is 6.51. The van der Waals surface area contributed by atoms with Crippen LogP contribution in [0.3, 0.4) is 0 Å². The Morgan fingerprint density at radius 1 is 1.26 bits per heavy atom. The highest BCUT2D eigenvalue weighted by Gasteiger charge is 2.17. The van der Waals surface area contributed by atoms with Gasteiger partial charge in [0.15, 0.2) is 0 Å². The van der Waals surface area contributed by atoms with Gasteiger partial charge >= 0.3 is 5.97 Å². The number of benzene rings is 1. The van der Waals surface area contributed by atoms with Crippen molar-refractivity contribution in [3.63, 3.8) is 0 Å². The van der Waals surface area contributed by atoms with Gasteiger partial charge in [-0.05, 0) is 32.4 Å². The van der Waals surface area contributed by atoms with Gasteiger partial charge in [-0.2, -0.15) is 0 Å². The highest BCUT2D eigenvalue weighted by atomic mass is 16.5. The third-order valence-corrected chi connectivity index (χ3v) is 2.60. The predicted molar refractivity (Wildman–Crippen MR) is 74.1 cm³/mol. The Balaban J connectivity index is 2.98. The Bertz CT molecular complexity index is 420. The number of hydrogen-bond acceptors (Lipinski definition) is 4. The van der Waals surface area contributed by atoms with Gasteiger partial charge in [0, 0.05) is 6.07 Å². The van der Waals surface area contributed by atoms with Crippen LogP contribution in [0.5, 0.6) is 11.5 Å². The fourth-order valence-electron chi connectivity index (χ4n) is 1.69. The average molecular weight is 267 g/mol. The molecule has 5 nitrogen and oxygen atoms in total. The molecule has 0 radical (unpaired) electrons. The molecule has 1 aromatic rings. The van der Waals surface area contributed by atoms with Crippen LogP contribution in [-0.4, -0.2) is 30.3 Å². The first kappa shape index (κ1) is 15.1. The zero-order chi connectivity index (χ0) is 14.3. The van der Waals surface area contributed by atoms with Gasteiger partial charge in [0.2, 0.25) is 0 Å². The highest BCUT2D eigenvalue weighted by Crippen LogP contribution is 2.30. The van der Waals surface area contributed by atoms with Gasteiger partial charge in [-0.3, -0.25) is 0 Å². The second-order valence-corrected chi connectivity index (χ2v) is 3.97. The Kier molecular flexibility index (Phi) is 5.99. The quantitative estimate of drug-likeness (QED) is 0.758. The van der Waals surface area contributed by atoms with Crippen molar-refractivity contribution in [2.75, 3.05) is 18.5 Å². The summed E-state index contributed by atoms with van der Waals surface area (Å²) in [6.45, 7) is 6.68. The van der Waals surface area contributed by atoms with E-state index in [1.54, 1.807) is 18.2 Å². The SMILES string of the molecule is CCOc1ccc(OCC)c(NC(CC)C(=O)O)c1. The minimum absolute atomic E-state index is 0.486. The second-order valence-electron chi connectivity index (χ2n) is 3.97. The van der Waals surface area contributed by atoms with Crippen molar-refractivity contribution < 1.29 is 19.4 Å². The molecule has 0 aliphatic rings. The Labute approximate surface area is 113 Å². The maximum atomic E-state index is 11.1. The number of ether oxygens (including phenoxy) is 2. The van der Waals surface area contributed by atoms with Crippen LogP contribution < -0.4 is 14.8 Å². The summed E-state index contributed by atoms with van der Waals surface area (Å²) >= 11 is 0. The summed E-state index contributed by atoms with van der Waals surface area (Å²) in [7, 11) is 0. The van der Waals surface area contributed by atoms with Gasteiger partial charge in [-0.1, -0.05) is 6.92 Å². The fourth-order valence-corrected chi connectivity index (χ4v) is 1.69. The van der Waals surface area contributed by atoms with Gasteiger partial charge < -0.3 is 19.9 Å². The lowest BCUT2D eigenvalue weighted by Gasteiger charge is -2.18. The number of nitrogens with one attached hydrogen (secondary N) is 1. The largest absolute Gasteiger partial charge is 0.494 e. The first-order chi connectivity index (χ1) is 9.12. The van der Waals surface area contributed by atoms with Gasteiger partial charge in [0.1, 0.15) is 17.5 Å². The number of carboxylic acids is 1. The van der Waals surface area contributed by atoms with Crippen molar-refractivity contribution in [1.82, 2.24) is 0 Å². The normalized spacial score (nSPS) is 11.7. The molecule has 1 atom stereocenters. The van der Waals surface area contributed by atoms with Crippen LogP contribution in [0.4, 0.5) is 5.69 Å². The number of aliphatic carboxylic acids is 1. The summed E-state index contributed by atoms with van der Waals surface area (Å²) in [4.78, 5) is 11.1. The molecule has 5 heteroatoms. The fraction of sp³-hybridized carbons (Fsp3) is 0.500. The van der Waals surface area contributed by atoms with E-state index < -0.39 is 12.0 Å². The summed E-state index contributed by atoms with van der Waals surface area (Å²) in [5.41, 5.74) is 0.641. The molecule has 0 fully saturated rings. The maximum absolute atomic E-state index is 11.1. The van der Waals surface area contributed by atoms with Crippen LogP contribution in [0.25, 0.3) is 0 Å². The molecule has 0 aromatic heterocycles. The smallest absolute Gasteiger partial charge is 0.326 e. The molecule has 1 aromatic carbocycles. The van der Waals surface area contributed by atoms with E-state index in [0.717, 1.165) is 0 Å². The highest BCUT2D eigenvalue weighted by molar-refractivity contribution is 5.78. The molecule has 0 amide bonds. The summed E-state index contributed by atoms with van der Waals surface area (Å²) in [6.07, 6.45) is 0.486. The van der Waals surface area contributed by atoms with Crippen LogP contribution in [-0.2, 0) is 4.79 Å². The van der Waals surface area contributed by atoms with E-state index in [2.05, 4.69) is 5.32 Å². The van der Waals surface area contributed by atoms with Crippen LogP contribution in [0.1, 0.15) is 27.2 Å². The average Bonchev–Trinajstić information content (AvgIpc) is 2.38. The molecular weight excluding hydrogens is 246 g/mol. The molecule has 0 bridgehead atoms. The minimum Gasteiger partial charge on any atom is -0.494 e. The molecule has 0 aliphatic heterocycles. The molecule has 19 heavy (non-hydrogen) atoms. The standard InChI is InChI=1S/C14H21NO4/c1-4-11(14(16)17)15-12-9-10(18-5-2)7-8-13(12)19-6-3/h7-9,11,15H,4-6H2,1-3H3,(H,16,17). The van der Waals surface area contributed by atoms with E-state index in [4.69, 9.17) is 14.6 Å². The topological polar surface area (TPSA) is 67.8 Å². The van der Waals surface area contributed by atoms with Crippen molar-refractivity contribution in [3.8, 4) is 11.5 Å². The molecule has 2 N–H and O–H groups in total. The van der Waals surface area contributed by atoms with Gasteiger partial charge in [0.25, 0.3) is 0 Å². The molecule has 0 saturated heterocycles. The van der Waals surface area contributed by atoms with Gasteiger partial charge in [0.05, 0.1) is 18.9 Å². The molecule has 0 saturated carbocycles. The lowest BCUT2D eigenvalue weighted by molar-refractivity contribution is -0.137. The van der Waals surface area contributed by atoms with Crippen molar-refractivity contribution in [3.05, 3.63) is 18.2 Å². The second kappa shape index (κ2) is 7.51. The maximum Gasteiger partial charge on any atom is 0.326 e. The third-order valence-electron chi connectivity index (χ3n) is 2.60. The van der Waals surface area contributed by atoms with Crippen molar-refractivity contribution >= 4 is 11.7 Å². The lowest BCUT2D eigenvalue weighted by Crippen LogP contribution is -2.28. The van der Waals surface area contributed by atoms with Crippen LogP contribution >= 0.6 is 0 Å². The summed E-state index contributed by atoms with van der Waals surface area (Å²) in [5, 5.41) is 12.1. The van der Waals surface area contributed by atoms with E-state index in [0.29, 0.717) is 36.8 Å². The monoisotopic (exact) mass is 267 g/mol. The molecule has 1 rings (SSSR count). The Hall–Kier alpha value is -1.91. The van der Waals surface area contributed by atoms with Crippen LogP contribution in [0, 0.1) is 0 Å². The van der Waals surface area contributed by atoms with Crippen molar-refractivity contribution in [2.45, 2.75) is 33.2 Å². The summed E-state index contributed by atoms with van der Waals surface area (Å²) in [5.74, 6) is 0.436. The van der Waals surface area contributed by atoms with E-state index in [-0.39, 0.29) is 0 Å². The number of carboxylic acid groups (broad SMARTS) is 1. The lowest BCUT2D eigenvalue weighted by atomic mass is 10.2. The van der Waals surface area contributed by atoms with E-state index >= 15 is 0 Å². The number of anilines is 1. The van der Waals surface area contributed by atoms with Gasteiger partial charge in [-0.15, -0.1) is 0 Å². The minimum atomic E-state index is -0.883. The molecular formula is C14H21NO4. The first-order valence-corrected chi connectivity index (χ1v) is 6.51. The number of carbonyl (C=O) groups is 1. The van der Waals surface area contributed by atoms with E-state index in [1.807, 2.05) is 20.8 Å².